The molecule has 0 spiro atoms. The molecule has 7 nitrogen and oxygen atoms in total. The topological polar surface area (TPSA) is 76.6 Å². The molecule has 1 aliphatic heterocycles. The molecule has 0 amide bonds. The minimum Gasteiger partial charge on any atom is -0.495 e. The molecule has 2 aliphatic rings. The zero-order valence-corrected chi connectivity index (χ0v) is 17.4. The lowest BCUT2D eigenvalue weighted by molar-refractivity contribution is 0.413. The molecule has 3 aromatic rings. The molecule has 0 atom stereocenters. The number of nitrogens with two attached hydrogens (primary N) is 1. The molecule has 29 heavy (non-hydrogen) atoms. The number of anilines is 2. The molecule has 1 aliphatic carbocycles. The van der Waals surface area contributed by atoms with E-state index in [9.17, 15) is 4.79 Å². The summed E-state index contributed by atoms with van der Waals surface area (Å²) in [6.07, 6.45) is 4.33. The van der Waals surface area contributed by atoms with E-state index >= 15 is 0 Å². The number of benzene rings is 1. The molecule has 5 rings (SSSR count). The van der Waals surface area contributed by atoms with Crippen LogP contribution in [0, 0.1) is 0 Å². The summed E-state index contributed by atoms with van der Waals surface area (Å²) in [4.78, 5) is 24.5. The number of methoxy groups -OCH3 is 1. The normalized spacial score (nSPS) is 16.9. The Bertz CT molecular complexity index is 1110. The van der Waals surface area contributed by atoms with Crippen molar-refractivity contribution in [1.82, 2.24) is 9.66 Å². The van der Waals surface area contributed by atoms with E-state index in [0.717, 1.165) is 67.1 Å². The van der Waals surface area contributed by atoms with Crippen LogP contribution in [0.4, 0.5) is 11.6 Å². The van der Waals surface area contributed by atoms with Gasteiger partial charge < -0.3 is 20.4 Å². The van der Waals surface area contributed by atoms with Gasteiger partial charge in [0, 0.05) is 31.1 Å². The molecule has 152 valence electrons. The maximum atomic E-state index is 13.0. The molecule has 0 bridgehead atoms. The highest BCUT2D eigenvalue weighted by Gasteiger charge is 2.26. The minimum absolute atomic E-state index is 0.114. The number of hydrogen-bond donors (Lipinski definition) is 1. The summed E-state index contributed by atoms with van der Waals surface area (Å²) in [5.74, 6) is 7.68. The van der Waals surface area contributed by atoms with E-state index in [1.165, 1.54) is 21.5 Å². The maximum Gasteiger partial charge on any atom is 0.282 e. The third kappa shape index (κ3) is 3.02. The van der Waals surface area contributed by atoms with Gasteiger partial charge in [0.05, 0.1) is 18.2 Å². The number of nitrogen functional groups attached to an aromatic ring is 1. The van der Waals surface area contributed by atoms with Crippen LogP contribution in [-0.4, -0.2) is 42.9 Å². The Morgan fingerprint density at radius 1 is 1.07 bits per heavy atom. The van der Waals surface area contributed by atoms with Crippen molar-refractivity contribution in [2.75, 3.05) is 48.9 Å². The van der Waals surface area contributed by atoms with Gasteiger partial charge in [0.1, 0.15) is 10.6 Å². The fourth-order valence-electron chi connectivity index (χ4n) is 4.47. The van der Waals surface area contributed by atoms with Crippen molar-refractivity contribution in [3.8, 4) is 5.75 Å². The largest absolute Gasteiger partial charge is 0.495 e. The van der Waals surface area contributed by atoms with Crippen LogP contribution in [0.2, 0.25) is 0 Å². The maximum absolute atomic E-state index is 13.0. The van der Waals surface area contributed by atoms with Crippen molar-refractivity contribution in [1.29, 1.82) is 0 Å². The molecule has 8 heteroatoms. The van der Waals surface area contributed by atoms with Gasteiger partial charge in [0.2, 0.25) is 5.95 Å². The van der Waals surface area contributed by atoms with Gasteiger partial charge in [-0.1, -0.05) is 12.1 Å². The summed E-state index contributed by atoms with van der Waals surface area (Å²) in [6.45, 7) is 3.13. The van der Waals surface area contributed by atoms with Gasteiger partial charge in [-0.05, 0) is 43.4 Å². The first-order valence-electron chi connectivity index (χ1n) is 10.1. The number of fused-ring (bicyclic) bond motifs is 3. The summed E-state index contributed by atoms with van der Waals surface area (Å²) in [6, 6.07) is 8.06. The van der Waals surface area contributed by atoms with Crippen LogP contribution in [-0.2, 0) is 12.8 Å². The number of ether oxygens (including phenoxy) is 1. The van der Waals surface area contributed by atoms with Gasteiger partial charge >= 0.3 is 0 Å². The molecule has 0 unspecified atom stereocenters. The summed E-state index contributed by atoms with van der Waals surface area (Å²) < 4.78 is 6.75. The van der Waals surface area contributed by atoms with E-state index in [0.29, 0.717) is 5.95 Å². The number of nitrogens with zero attached hydrogens (tertiary/aromatic N) is 4. The Morgan fingerprint density at radius 2 is 1.79 bits per heavy atom. The second-order valence-corrected chi connectivity index (χ2v) is 8.71. The van der Waals surface area contributed by atoms with E-state index in [2.05, 4.69) is 15.9 Å². The number of rotatable bonds is 3. The highest BCUT2D eigenvalue weighted by Crippen LogP contribution is 2.34. The van der Waals surface area contributed by atoms with Crippen LogP contribution in [0.25, 0.3) is 10.2 Å². The first-order valence-corrected chi connectivity index (χ1v) is 10.9. The monoisotopic (exact) mass is 411 g/mol. The molecular weight excluding hydrogens is 386 g/mol. The Balaban J connectivity index is 1.44. The number of hydrogen-bond acceptors (Lipinski definition) is 7. The molecule has 2 N–H and O–H groups in total. The third-order valence-electron chi connectivity index (χ3n) is 5.99. The molecule has 1 aromatic carbocycles. The van der Waals surface area contributed by atoms with Crippen molar-refractivity contribution in [2.24, 2.45) is 0 Å². The van der Waals surface area contributed by atoms with Crippen LogP contribution >= 0.6 is 11.3 Å². The first kappa shape index (κ1) is 18.3. The highest BCUT2D eigenvalue weighted by atomic mass is 32.1. The summed E-state index contributed by atoms with van der Waals surface area (Å²) in [5.41, 5.74) is 2.16. The summed E-state index contributed by atoms with van der Waals surface area (Å²) in [5, 5.41) is 0.739. The van der Waals surface area contributed by atoms with Crippen molar-refractivity contribution in [2.45, 2.75) is 25.7 Å². The zero-order valence-electron chi connectivity index (χ0n) is 16.6. The predicted octanol–water partition coefficient (Wildman–Crippen LogP) is 2.39. The van der Waals surface area contributed by atoms with Gasteiger partial charge in [-0.2, -0.15) is 4.68 Å². The predicted molar refractivity (Wildman–Crippen MR) is 118 cm³/mol. The van der Waals surface area contributed by atoms with E-state index in [1.807, 2.05) is 18.2 Å². The average molecular weight is 412 g/mol. The summed E-state index contributed by atoms with van der Waals surface area (Å²) >= 11 is 1.67. The average Bonchev–Trinajstić information content (AvgIpc) is 3.15. The SMILES string of the molecule is COc1ccccc1N1CCN(c2nc3sc4c(c3c(=O)n2N)CCCC4)CC1. The molecular formula is C21H25N5O2S. The first-order chi connectivity index (χ1) is 14.2. The molecule has 2 aromatic heterocycles. The number of aryl methyl sites for hydroxylation is 2. The lowest BCUT2D eigenvalue weighted by Gasteiger charge is -2.37. The van der Waals surface area contributed by atoms with Crippen LogP contribution in [0.1, 0.15) is 23.3 Å². The van der Waals surface area contributed by atoms with E-state index in [1.54, 1.807) is 18.4 Å². The number of para-hydroxylation sites is 2. The fourth-order valence-corrected chi connectivity index (χ4v) is 5.72. The van der Waals surface area contributed by atoms with Crippen molar-refractivity contribution in [3.05, 3.63) is 45.1 Å². The number of piperazine rings is 1. The molecule has 1 saturated heterocycles. The number of aromatic nitrogens is 2. The third-order valence-corrected chi connectivity index (χ3v) is 7.18. The Kier molecular flexibility index (Phi) is 4.58. The van der Waals surface area contributed by atoms with Crippen LogP contribution in [0.3, 0.4) is 0 Å². The molecule has 0 radical (unpaired) electrons. The van der Waals surface area contributed by atoms with Crippen molar-refractivity contribution < 1.29 is 4.74 Å². The lowest BCUT2D eigenvalue weighted by Crippen LogP contribution is -2.49. The highest BCUT2D eigenvalue weighted by molar-refractivity contribution is 7.18. The lowest BCUT2D eigenvalue weighted by atomic mass is 9.97. The Morgan fingerprint density at radius 3 is 2.59 bits per heavy atom. The van der Waals surface area contributed by atoms with Crippen molar-refractivity contribution in [3.63, 3.8) is 0 Å². The van der Waals surface area contributed by atoms with Gasteiger partial charge in [0.15, 0.2) is 0 Å². The van der Waals surface area contributed by atoms with Crippen LogP contribution in [0.15, 0.2) is 29.1 Å². The molecule has 3 heterocycles. The van der Waals surface area contributed by atoms with Crippen LogP contribution in [0.5, 0.6) is 5.75 Å². The van der Waals surface area contributed by atoms with Gasteiger partial charge in [-0.3, -0.25) is 4.79 Å². The van der Waals surface area contributed by atoms with Gasteiger partial charge in [-0.15, -0.1) is 11.3 Å². The van der Waals surface area contributed by atoms with Crippen molar-refractivity contribution >= 4 is 33.2 Å². The van der Waals surface area contributed by atoms with E-state index in [-0.39, 0.29) is 5.56 Å². The fraction of sp³-hybridized carbons (Fsp3) is 0.429. The minimum atomic E-state index is -0.114. The molecule has 0 saturated carbocycles. The standard InChI is InChI=1S/C21H25N5O2S/c1-28-16-8-4-3-7-15(16)24-10-12-25(13-11-24)21-23-19-18(20(27)26(21)22)14-6-2-5-9-17(14)29-19/h3-4,7-8H,2,5-6,9-13,22H2,1H3. The van der Waals surface area contributed by atoms with Gasteiger partial charge in [0.25, 0.3) is 5.56 Å². The Labute approximate surface area is 173 Å². The smallest absolute Gasteiger partial charge is 0.282 e. The van der Waals surface area contributed by atoms with Crippen LogP contribution < -0.4 is 25.9 Å². The van der Waals surface area contributed by atoms with Gasteiger partial charge in [-0.25, -0.2) is 4.98 Å². The quantitative estimate of drug-likeness (QED) is 0.667. The number of thiophene rings is 1. The second kappa shape index (κ2) is 7.26. The summed E-state index contributed by atoms with van der Waals surface area (Å²) in [7, 11) is 1.70. The van der Waals surface area contributed by atoms with E-state index in [4.69, 9.17) is 15.6 Å². The second-order valence-electron chi connectivity index (χ2n) is 7.62. The zero-order chi connectivity index (χ0) is 20.0. The molecule has 1 fully saturated rings. The van der Waals surface area contributed by atoms with E-state index < -0.39 is 0 Å². The Hall–Kier alpha value is -2.74.